The molecule has 1 unspecified atom stereocenters. The number of aliphatic carboxylic acids is 1. The molecular weight excluding hydrogens is 206 g/mol. The van der Waals surface area contributed by atoms with E-state index in [1.54, 1.807) is 14.0 Å². The predicted molar refractivity (Wildman–Crippen MR) is 62.6 cm³/mol. The van der Waals surface area contributed by atoms with Crippen LogP contribution < -0.4 is 0 Å². The maximum absolute atomic E-state index is 11.4. The minimum Gasteiger partial charge on any atom is -0.480 e. The van der Waals surface area contributed by atoms with Gasteiger partial charge in [-0.2, -0.15) is 0 Å². The third-order valence-electron chi connectivity index (χ3n) is 3.26. The Kier molecular flexibility index (Phi) is 4.74. The van der Waals surface area contributed by atoms with Crippen LogP contribution in [0.2, 0.25) is 0 Å². The Labute approximate surface area is 97.6 Å². The highest BCUT2D eigenvalue weighted by Gasteiger charge is 2.46. The minimum atomic E-state index is -0.870. The molecule has 1 rings (SSSR count). The van der Waals surface area contributed by atoms with E-state index in [0.717, 1.165) is 32.2 Å². The van der Waals surface area contributed by atoms with Crippen LogP contribution in [0, 0.1) is 0 Å². The number of hydrogen-bond donors (Lipinski definition) is 1. The normalized spacial score (nSPS) is 19.8. The molecular formula is C12H23NO3. The summed E-state index contributed by atoms with van der Waals surface area (Å²) >= 11 is 0. The second-order valence-corrected chi connectivity index (χ2v) is 4.79. The molecule has 0 amide bonds. The van der Waals surface area contributed by atoms with Crippen LogP contribution in [-0.2, 0) is 9.53 Å². The molecule has 1 N–H and O–H groups in total. The number of nitrogens with zero attached hydrogens (tertiary/aromatic N) is 1. The third kappa shape index (κ3) is 2.95. The second kappa shape index (κ2) is 5.64. The zero-order valence-corrected chi connectivity index (χ0v) is 10.5. The number of carboxylic acid groups (broad SMARTS) is 1. The van der Waals surface area contributed by atoms with Crippen molar-refractivity contribution >= 4 is 5.97 Å². The quantitative estimate of drug-likeness (QED) is 0.689. The zero-order valence-electron chi connectivity index (χ0n) is 10.5. The van der Waals surface area contributed by atoms with Gasteiger partial charge in [-0.1, -0.05) is 13.3 Å². The maximum atomic E-state index is 11.4. The molecule has 1 atom stereocenters. The molecule has 4 nitrogen and oxygen atoms in total. The smallest absolute Gasteiger partial charge is 0.326 e. The predicted octanol–water partition coefficient (Wildman–Crippen LogP) is 1.74. The van der Waals surface area contributed by atoms with Crippen LogP contribution in [0.1, 0.15) is 39.5 Å². The molecule has 0 radical (unpaired) electrons. The van der Waals surface area contributed by atoms with Crippen LogP contribution in [0.5, 0.6) is 0 Å². The van der Waals surface area contributed by atoms with E-state index >= 15 is 0 Å². The fraction of sp³-hybridized carbons (Fsp3) is 0.917. The highest BCUT2D eigenvalue weighted by Crippen LogP contribution is 2.33. The van der Waals surface area contributed by atoms with Crippen molar-refractivity contribution in [2.45, 2.75) is 51.1 Å². The Hall–Kier alpha value is -0.610. The van der Waals surface area contributed by atoms with Gasteiger partial charge in [-0.05, 0) is 32.7 Å². The number of methoxy groups -OCH3 is 1. The van der Waals surface area contributed by atoms with Crippen LogP contribution in [0.15, 0.2) is 0 Å². The summed E-state index contributed by atoms with van der Waals surface area (Å²) in [7, 11) is 1.56. The van der Waals surface area contributed by atoms with Crippen molar-refractivity contribution in [2.24, 2.45) is 0 Å². The van der Waals surface area contributed by atoms with E-state index in [-0.39, 0.29) is 6.61 Å². The molecule has 1 saturated carbocycles. The molecule has 16 heavy (non-hydrogen) atoms. The molecule has 0 aromatic heterocycles. The Morgan fingerprint density at radius 1 is 1.56 bits per heavy atom. The molecule has 94 valence electrons. The van der Waals surface area contributed by atoms with E-state index in [2.05, 4.69) is 11.8 Å². The first-order valence-corrected chi connectivity index (χ1v) is 6.05. The van der Waals surface area contributed by atoms with Gasteiger partial charge >= 0.3 is 5.97 Å². The van der Waals surface area contributed by atoms with Crippen molar-refractivity contribution in [3.8, 4) is 0 Å². The van der Waals surface area contributed by atoms with Gasteiger partial charge in [-0.3, -0.25) is 9.69 Å². The van der Waals surface area contributed by atoms with Gasteiger partial charge in [0.1, 0.15) is 5.54 Å². The van der Waals surface area contributed by atoms with Gasteiger partial charge in [-0.25, -0.2) is 0 Å². The largest absolute Gasteiger partial charge is 0.480 e. The summed E-state index contributed by atoms with van der Waals surface area (Å²) in [5.41, 5.74) is -0.870. The monoisotopic (exact) mass is 229 g/mol. The lowest BCUT2D eigenvalue weighted by Gasteiger charge is -2.37. The molecule has 0 aliphatic heterocycles. The van der Waals surface area contributed by atoms with Gasteiger partial charge in [0.25, 0.3) is 0 Å². The summed E-state index contributed by atoms with van der Waals surface area (Å²) in [6, 6.07) is 0.447. The molecule has 0 spiro atoms. The van der Waals surface area contributed by atoms with Gasteiger partial charge in [0.2, 0.25) is 0 Å². The van der Waals surface area contributed by atoms with Gasteiger partial charge in [-0.15, -0.1) is 0 Å². The molecule has 4 heteroatoms. The van der Waals surface area contributed by atoms with Gasteiger partial charge in [0.05, 0.1) is 6.61 Å². The Morgan fingerprint density at radius 2 is 2.19 bits per heavy atom. The molecule has 1 aliphatic carbocycles. The molecule has 1 aliphatic rings. The molecule has 0 aromatic carbocycles. The van der Waals surface area contributed by atoms with Crippen molar-refractivity contribution < 1.29 is 14.6 Å². The Bertz CT molecular complexity index is 240. The lowest BCUT2D eigenvalue weighted by atomic mass is 10.00. The molecule has 0 saturated heterocycles. The fourth-order valence-electron chi connectivity index (χ4n) is 2.10. The van der Waals surface area contributed by atoms with Crippen molar-refractivity contribution in [1.29, 1.82) is 0 Å². The number of rotatable bonds is 8. The van der Waals surface area contributed by atoms with E-state index in [9.17, 15) is 9.90 Å². The lowest BCUT2D eigenvalue weighted by molar-refractivity contribution is -0.155. The highest BCUT2D eigenvalue weighted by molar-refractivity contribution is 5.78. The summed E-state index contributed by atoms with van der Waals surface area (Å²) in [5.74, 6) is -0.780. The zero-order chi connectivity index (χ0) is 12.2. The summed E-state index contributed by atoms with van der Waals surface area (Å²) in [4.78, 5) is 13.5. The Balaban J connectivity index is 2.73. The average Bonchev–Trinajstić information content (AvgIpc) is 3.02. The lowest BCUT2D eigenvalue weighted by Crippen LogP contribution is -2.56. The van der Waals surface area contributed by atoms with Crippen LogP contribution >= 0.6 is 0 Å². The Morgan fingerprint density at radius 3 is 2.56 bits per heavy atom. The summed E-state index contributed by atoms with van der Waals surface area (Å²) in [5, 5.41) is 9.39. The molecule has 0 heterocycles. The van der Waals surface area contributed by atoms with Gasteiger partial charge in [0.15, 0.2) is 0 Å². The van der Waals surface area contributed by atoms with Crippen LogP contribution in [0.25, 0.3) is 0 Å². The first-order valence-electron chi connectivity index (χ1n) is 6.05. The third-order valence-corrected chi connectivity index (χ3v) is 3.26. The summed E-state index contributed by atoms with van der Waals surface area (Å²) < 4.78 is 5.08. The van der Waals surface area contributed by atoms with E-state index in [0.29, 0.717) is 6.04 Å². The van der Waals surface area contributed by atoms with Crippen molar-refractivity contribution in [3.05, 3.63) is 0 Å². The number of ether oxygens (including phenoxy) is 1. The fourth-order valence-corrected chi connectivity index (χ4v) is 2.10. The SMILES string of the molecule is CCCCN(C1CC1)C(C)(COC)C(=O)O. The number of unbranched alkanes of at least 4 members (excludes halogenated alkanes) is 1. The first kappa shape index (κ1) is 13.5. The number of hydrogen-bond acceptors (Lipinski definition) is 3. The average molecular weight is 229 g/mol. The van der Waals surface area contributed by atoms with E-state index < -0.39 is 11.5 Å². The van der Waals surface area contributed by atoms with Crippen LogP contribution in [0.3, 0.4) is 0 Å². The van der Waals surface area contributed by atoms with Gasteiger partial charge < -0.3 is 9.84 Å². The number of carbonyl (C=O) groups is 1. The maximum Gasteiger partial charge on any atom is 0.326 e. The topological polar surface area (TPSA) is 49.8 Å². The standard InChI is InChI=1S/C12H23NO3/c1-4-5-8-13(10-6-7-10)12(2,9-16-3)11(14)15/h10H,4-9H2,1-3H3,(H,14,15). The van der Waals surface area contributed by atoms with E-state index in [1.165, 1.54) is 0 Å². The highest BCUT2D eigenvalue weighted by atomic mass is 16.5. The molecule has 0 aromatic rings. The minimum absolute atomic E-state index is 0.253. The second-order valence-electron chi connectivity index (χ2n) is 4.79. The van der Waals surface area contributed by atoms with Crippen molar-refractivity contribution in [2.75, 3.05) is 20.3 Å². The van der Waals surface area contributed by atoms with Crippen molar-refractivity contribution in [1.82, 2.24) is 4.90 Å². The van der Waals surface area contributed by atoms with Crippen LogP contribution in [0.4, 0.5) is 0 Å². The molecule has 1 fully saturated rings. The van der Waals surface area contributed by atoms with E-state index in [4.69, 9.17) is 4.74 Å². The number of carboxylic acids is 1. The summed E-state index contributed by atoms with van der Waals surface area (Å²) in [6.45, 7) is 5.00. The molecule has 0 bridgehead atoms. The summed E-state index contributed by atoms with van der Waals surface area (Å²) in [6.07, 6.45) is 4.38. The first-order chi connectivity index (χ1) is 7.56. The van der Waals surface area contributed by atoms with E-state index in [1.807, 2.05) is 0 Å². The van der Waals surface area contributed by atoms with Gasteiger partial charge in [0, 0.05) is 13.2 Å². The van der Waals surface area contributed by atoms with Crippen LogP contribution in [-0.4, -0.2) is 47.8 Å². The van der Waals surface area contributed by atoms with Crippen molar-refractivity contribution in [3.63, 3.8) is 0 Å².